The fourth-order valence-corrected chi connectivity index (χ4v) is 7.28. The third-order valence-corrected chi connectivity index (χ3v) is 10.0. The lowest BCUT2D eigenvalue weighted by atomic mass is 9.76. The topological polar surface area (TPSA) is 27.7 Å². The van der Waals surface area contributed by atoms with Crippen molar-refractivity contribution in [1.29, 1.82) is 0 Å². The zero-order chi connectivity index (χ0) is 26.0. The predicted molar refractivity (Wildman–Crippen MR) is 138 cm³/mol. The molecule has 5 rings (SSSR count). The van der Waals surface area contributed by atoms with Gasteiger partial charge in [0.25, 0.3) is 0 Å². The van der Waals surface area contributed by atoms with E-state index in [1.54, 1.807) is 6.07 Å². The Hall–Kier alpha value is -0.820. The molecule has 4 aliphatic rings. The highest BCUT2D eigenvalue weighted by Crippen LogP contribution is 2.45. The van der Waals surface area contributed by atoms with Crippen LogP contribution in [0.3, 0.4) is 0 Å². The van der Waals surface area contributed by atoms with Gasteiger partial charge in [-0.3, -0.25) is 0 Å². The molecule has 0 amide bonds. The van der Waals surface area contributed by atoms with Gasteiger partial charge in [-0.25, -0.2) is 4.39 Å². The lowest BCUT2D eigenvalue weighted by molar-refractivity contribution is -0.305. The highest BCUT2D eigenvalue weighted by atomic mass is 35.5. The average Bonchev–Trinajstić information content (AvgIpc) is 2.91. The van der Waals surface area contributed by atoms with Gasteiger partial charge in [0.1, 0.15) is 5.82 Å². The standard InChI is InChI=1S/C30H42ClF3O3/c1-19-2-4-21(5-3-19)24-17-35-29(36-18-24)22-6-11-25(12-7-22)30(33,34)37-26-13-8-20(9-14-26)23-10-15-27(31)28(32)16-23/h10,15-16,19-22,24-26,29H,2-9,11-14,17-18H2,1H3. The summed E-state index contributed by atoms with van der Waals surface area (Å²) >= 11 is 5.79. The molecule has 7 heteroatoms. The third-order valence-electron chi connectivity index (χ3n) is 9.72. The first kappa shape index (κ1) is 27.7. The molecule has 1 heterocycles. The Morgan fingerprint density at radius 3 is 2.05 bits per heavy atom. The maximum Gasteiger partial charge on any atom is 0.358 e. The zero-order valence-electron chi connectivity index (χ0n) is 22.0. The molecule has 3 aliphatic carbocycles. The quantitative estimate of drug-likeness (QED) is 0.359. The second-order valence-corrected chi connectivity index (χ2v) is 12.7. The molecule has 0 aromatic heterocycles. The first-order chi connectivity index (χ1) is 17.8. The van der Waals surface area contributed by atoms with Crippen LogP contribution >= 0.6 is 11.6 Å². The van der Waals surface area contributed by atoms with Crippen LogP contribution in [0.2, 0.25) is 5.02 Å². The molecule has 37 heavy (non-hydrogen) atoms. The maximum atomic E-state index is 15.1. The predicted octanol–water partition coefficient (Wildman–Crippen LogP) is 8.74. The van der Waals surface area contributed by atoms with E-state index in [4.69, 9.17) is 25.8 Å². The van der Waals surface area contributed by atoms with Gasteiger partial charge in [0.05, 0.1) is 30.3 Å². The minimum atomic E-state index is -3.12. The number of alkyl halides is 2. The fraction of sp³-hybridized carbons (Fsp3) is 0.800. The molecular formula is C30H42ClF3O3. The molecule has 0 radical (unpaired) electrons. The van der Waals surface area contributed by atoms with Crippen molar-refractivity contribution in [3.63, 3.8) is 0 Å². The second kappa shape index (κ2) is 12.1. The largest absolute Gasteiger partial charge is 0.358 e. The van der Waals surface area contributed by atoms with Gasteiger partial charge in [-0.15, -0.1) is 0 Å². The van der Waals surface area contributed by atoms with Crippen molar-refractivity contribution in [3.8, 4) is 0 Å². The third kappa shape index (κ3) is 6.85. The SMILES string of the molecule is CC1CCC(C2COC(C3CCC(C(F)(F)OC4CCC(c5ccc(Cl)c(F)c5)CC4)CC3)OC2)CC1. The molecule has 3 saturated carbocycles. The van der Waals surface area contributed by atoms with E-state index in [1.807, 2.05) is 6.07 Å². The van der Waals surface area contributed by atoms with Gasteiger partial charge >= 0.3 is 6.11 Å². The molecule has 1 saturated heterocycles. The van der Waals surface area contributed by atoms with Gasteiger partial charge in [0.15, 0.2) is 6.29 Å². The number of benzene rings is 1. The van der Waals surface area contributed by atoms with Gasteiger partial charge in [-0.2, -0.15) is 8.78 Å². The second-order valence-electron chi connectivity index (χ2n) is 12.3. The van der Waals surface area contributed by atoms with Crippen LogP contribution in [0.15, 0.2) is 18.2 Å². The molecule has 0 spiro atoms. The molecule has 208 valence electrons. The summed E-state index contributed by atoms with van der Waals surface area (Å²) in [7, 11) is 0. The summed E-state index contributed by atoms with van der Waals surface area (Å²) in [5.74, 6) is 1.18. The fourth-order valence-electron chi connectivity index (χ4n) is 7.16. The van der Waals surface area contributed by atoms with Gasteiger partial charge < -0.3 is 14.2 Å². The lowest BCUT2D eigenvalue weighted by Crippen LogP contribution is -2.43. The summed E-state index contributed by atoms with van der Waals surface area (Å²) in [6.45, 7) is 3.82. The first-order valence-corrected chi connectivity index (χ1v) is 14.9. The van der Waals surface area contributed by atoms with Crippen molar-refractivity contribution in [2.24, 2.45) is 29.6 Å². The Morgan fingerprint density at radius 2 is 1.43 bits per heavy atom. The smallest absolute Gasteiger partial charge is 0.352 e. The van der Waals surface area contributed by atoms with Crippen molar-refractivity contribution in [2.45, 2.75) is 108 Å². The van der Waals surface area contributed by atoms with E-state index in [-0.39, 0.29) is 23.1 Å². The average molecular weight is 543 g/mol. The van der Waals surface area contributed by atoms with Crippen molar-refractivity contribution in [3.05, 3.63) is 34.6 Å². The van der Waals surface area contributed by atoms with E-state index >= 15 is 8.78 Å². The molecule has 1 aromatic carbocycles. The molecule has 0 N–H and O–H groups in total. The molecule has 0 bridgehead atoms. The summed E-state index contributed by atoms with van der Waals surface area (Å²) in [6, 6.07) is 4.87. The van der Waals surface area contributed by atoms with Crippen molar-refractivity contribution < 1.29 is 27.4 Å². The zero-order valence-corrected chi connectivity index (χ0v) is 22.7. The number of halogens is 4. The number of rotatable bonds is 6. The number of hydrogen-bond acceptors (Lipinski definition) is 3. The van der Waals surface area contributed by atoms with Gasteiger partial charge in [0, 0.05) is 11.8 Å². The maximum absolute atomic E-state index is 15.1. The summed E-state index contributed by atoms with van der Waals surface area (Å²) in [5, 5.41) is 0.107. The lowest BCUT2D eigenvalue weighted by Gasteiger charge is -2.42. The Bertz CT molecular complexity index is 867. The summed E-state index contributed by atoms with van der Waals surface area (Å²) in [4.78, 5) is 0. The highest BCUT2D eigenvalue weighted by molar-refractivity contribution is 6.30. The normalized spacial score (nSPS) is 37.9. The van der Waals surface area contributed by atoms with Crippen molar-refractivity contribution in [1.82, 2.24) is 0 Å². The molecule has 0 unspecified atom stereocenters. The highest BCUT2D eigenvalue weighted by Gasteiger charge is 2.46. The summed E-state index contributed by atoms with van der Waals surface area (Å²) in [5.41, 5.74) is 0.886. The molecule has 3 nitrogen and oxygen atoms in total. The molecule has 1 aliphatic heterocycles. The van der Waals surface area contributed by atoms with Gasteiger partial charge in [-0.05, 0) is 99.7 Å². The molecule has 1 aromatic rings. The molecular weight excluding hydrogens is 501 g/mol. The van der Waals surface area contributed by atoms with Crippen LogP contribution in [0, 0.1) is 35.4 Å². The van der Waals surface area contributed by atoms with Crippen LogP contribution in [0.5, 0.6) is 0 Å². The number of ether oxygens (including phenoxy) is 3. The minimum absolute atomic E-state index is 0.107. The van der Waals surface area contributed by atoms with E-state index in [1.165, 1.54) is 31.7 Å². The van der Waals surface area contributed by atoms with Gasteiger partial charge in [0.2, 0.25) is 0 Å². The van der Waals surface area contributed by atoms with Crippen molar-refractivity contribution >= 4 is 11.6 Å². The van der Waals surface area contributed by atoms with E-state index in [0.29, 0.717) is 63.2 Å². The Balaban J connectivity index is 1.03. The Labute approximate surface area is 224 Å². The van der Waals surface area contributed by atoms with E-state index in [9.17, 15) is 4.39 Å². The Morgan fingerprint density at radius 1 is 0.811 bits per heavy atom. The molecule has 0 atom stereocenters. The van der Waals surface area contributed by atoms with Crippen LogP contribution < -0.4 is 0 Å². The van der Waals surface area contributed by atoms with Crippen LogP contribution in [0.4, 0.5) is 13.2 Å². The van der Waals surface area contributed by atoms with E-state index in [2.05, 4.69) is 6.92 Å². The van der Waals surface area contributed by atoms with E-state index in [0.717, 1.165) is 24.7 Å². The van der Waals surface area contributed by atoms with Crippen LogP contribution in [0.25, 0.3) is 0 Å². The van der Waals surface area contributed by atoms with Crippen LogP contribution in [-0.4, -0.2) is 31.7 Å². The Kier molecular flexibility index (Phi) is 9.10. The van der Waals surface area contributed by atoms with Crippen LogP contribution in [-0.2, 0) is 14.2 Å². The monoisotopic (exact) mass is 542 g/mol. The van der Waals surface area contributed by atoms with Gasteiger partial charge in [-0.1, -0.05) is 37.4 Å². The minimum Gasteiger partial charge on any atom is -0.352 e. The van der Waals surface area contributed by atoms with E-state index < -0.39 is 23.9 Å². The van der Waals surface area contributed by atoms with Crippen molar-refractivity contribution in [2.75, 3.05) is 13.2 Å². The molecule has 4 fully saturated rings. The summed E-state index contributed by atoms with van der Waals surface area (Å²) < 4.78 is 61.8. The number of hydrogen-bond donors (Lipinski definition) is 0. The first-order valence-electron chi connectivity index (χ1n) is 14.5. The summed E-state index contributed by atoms with van der Waals surface area (Å²) in [6.07, 6.45) is 6.11. The van der Waals surface area contributed by atoms with Crippen LogP contribution in [0.1, 0.15) is 95.5 Å².